The van der Waals surface area contributed by atoms with E-state index in [2.05, 4.69) is 53.5 Å². The number of rotatable bonds is 3. The number of thioether (sulfide) groups is 1. The van der Waals surface area contributed by atoms with Crippen LogP contribution in [-0.2, 0) is 4.79 Å². The van der Waals surface area contributed by atoms with Crippen molar-refractivity contribution in [2.24, 2.45) is 23.7 Å². The number of hydrogen-bond acceptors (Lipinski definition) is 7. The molecule has 5 heterocycles. The number of nitrogens with one attached hydrogen (secondary N) is 4. The fourth-order valence-electron chi connectivity index (χ4n) is 9.33. The molecule has 254 valence electrons. The standard InChI is InChI=1S/C33H55F2N7O2S/c1-5-28(43)40-10-11-41(20(4)17-40)31-24-15-26(35)30-23-14-22(7-8-25(23)34)36-9-6-12-45-18-21-13-27(29(19(2)3)37-16-21)42(32(24)38-30)33(44)39-31/h5,19-27,29-32,36-38H,1,6-18H2,2-4H3,(H,39,44)/t20-,21?,22?,23?,24?,25?,26?,27?,29?,30?,31?,32?/m0/s1. The molecule has 0 aromatic rings. The van der Waals surface area contributed by atoms with E-state index in [1.165, 1.54) is 6.08 Å². The van der Waals surface area contributed by atoms with Gasteiger partial charge < -0.3 is 25.8 Å². The average molecular weight is 652 g/mol. The number of carbonyl (C=O) groups is 2. The van der Waals surface area contributed by atoms with Crippen molar-refractivity contribution in [1.82, 2.24) is 36.0 Å². The topological polar surface area (TPSA) is 92.0 Å². The third kappa shape index (κ3) is 6.91. The van der Waals surface area contributed by atoms with E-state index in [1.807, 2.05) is 16.7 Å². The molecule has 0 aromatic heterocycles. The number of halogens is 2. The zero-order valence-electron chi connectivity index (χ0n) is 27.3. The lowest BCUT2D eigenvalue weighted by atomic mass is 9.73. The Morgan fingerprint density at radius 3 is 2.64 bits per heavy atom. The van der Waals surface area contributed by atoms with Gasteiger partial charge in [0, 0.05) is 55.6 Å². The molecule has 0 radical (unpaired) electrons. The van der Waals surface area contributed by atoms with E-state index in [-0.39, 0.29) is 54.6 Å². The molecular formula is C33H55F2N7O2S. The van der Waals surface area contributed by atoms with Gasteiger partial charge in [0.05, 0.1) is 18.4 Å². The van der Waals surface area contributed by atoms with Crippen LogP contribution < -0.4 is 21.3 Å². The van der Waals surface area contributed by atoms with Crippen molar-refractivity contribution in [3.05, 3.63) is 12.7 Å². The lowest BCUT2D eigenvalue weighted by molar-refractivity contribution is -0.132. The van der Waals surface area contributed by atoms with Gasteiger partial charge in [0.2, 0.25) is 5.91 Å². The van der Waals surface area contributed by atoms with Crippen LogP contribution in [0.3, 0.4) is 0 Å². The van der Waals surface area contributed by atoms with E-state index >= 15 is 8.78 Å². The molecular weight excluding hydrogens is 596 g/mol. The van der Waals surface area contributed by atoms with Gasteiger partial charge in [-0.2, -0.15) is 11.8 Å². The zero-order valence-corrected chi connectivity index (χ0v) is 28.1. The summed E-state index contributed by atoms with van der Waals surface area (Å²) in [5.41, 5.74) is 0. The molecule has 0 spiro atoms. The highest BCUT2D eigenvalue weighted by Gasteiger charge is 2.56. The Kier molecular flexibility index (Phi) is 10.7. The van der Waals surface area contributed by atoms with Crippen molar-refractivity contribution in [1.29, 1.82) is 0 Å². The highest BCUT2D eigenvalue weighted by molar-refractivity contribution is 7.99. The van der Waals surface area contributed by atoms with Crippen LogP contribution in [0.5, 0.6) is 0 Å². The summed E-state index contributed by atoms with van der Waals surface area (Å²) < 4.78 is 32.2. The molecule has 9 nitrogen and oxygen atoms in total. The molecule has 6 fully saturated rings. The maximum Gasteiger partial charge on any atom is 0.320 e. The molecule has 12 atom stereocenters. The third-order valence-corrected chi connectivity index (χ3v) is 12.9. The minimum atomic E-state index is -1.22. The molecule has 0 aromatic carbocycles. The van der Waals surface area contributed by atoms with Crippen molar-refractivity contribution >= 4 is 23.7 Å². The van der Waals surface area contributed by atoms with Crippen LogP contribution in [0.4, 0.5) is 13.6 Å². The summed E-state index contributed by atoms with van der Waals surface area (Å²) in [6.45, 7) is 13.6. The zero-order chi connectivity index (χ0) is 31.8. The third-order valence-electron chi connectivity index (χ3n) is 11.6. The van der Waals surface area contributed by atoms with Gasteiger partial charge in [-0.05, 0) is 88.0 Å². The minimum absolute atomic E-state index is 0.0250. The minimum Gasteiger partial charge on any atom is -0.336 e. The van der Waals surface area contributed by atoms with Crippen LogP contribution in [0.15, 0.2) is 12.7 Å². The molecule has 1 saturated carbocycles. The smallest absolute Gasteiger partial charge is 0.320 e. The van der Waals surface area contributed by atoms with E-state index in [4.69, 9.17) is 0 Å². The molecule has 1 aliphatic carbocycles. The first kappa shape index (κ1) is 33.4. The summed E-state index contributed by atoms with van der Waals surface area (Å²) in [7, 11) is 0. The van der Waals surface area contributed by atoms with Gasteiger partial charge in [-0.1, -0.05) is 20.4 Å². The Bertz CT molecular complexity index is 1070. The maximum atomic E-state index is 16.5. The second kappa shape index (κ2) is 14.3. The second-order valence-corrected chi connectivity index (χ2v) is 16.0. The van der Waals surface area contributed by atoms with Gasteiger partial charge in [-0.3, -0.25) is 15.0 Å². The molecule has 4 N–H and O–H groups in total. The number of alkyl halides is 2. The lowest BCUT2D eigenvalue weighted by Crippen LogP contribution is -2.79. The first-order valence-electron chi connectivity index (χ1n) is 17.5. The van der Waals surface area contributed by atoms with Crippen molar-refractivity contribution in [2.45, 2.75) is 114 Å². The summed E-state index contributed by atoms with van der Waals surface area (Å²) in [5.74, 6) is 2.09. The van der Waals surface area contributed by atoms with Gasteiger partial charge in [0.15, 0.2) is 0 Å². The Balaban J connectivity index is 1.34. The molecule has 12 heteroatoms. The lowest BCUT2D eigenvalue weighted by Gasteiger charge is -2.59. The normalized spacial score (nSPS) is 43.5. The van der Waals surface area contributed by atoms with Crippen LogP contribution in [-0.4, -0.2) is 126 Å². The van der Waals surface area contributed by atoms with E-state index in [1.54, 1.807) is 4.90 Å². The van der Waals surface area contributed by atoms with Crippen LogP contribution >= 0.6 is 11.8 Å². The quantitative estimate of drug-likeness (QED) is 0.349. The van der Waals surface area contributed by atoms with E-state index in [0.717, 1.165) is 43.9 Å². The van der Waals surface area contributed by atoms with Gasteiger partial charge in [-0.15, -0.1) is 0 Å². The fraction of sp³-hybridized carbons (Fsp3) is 0.879. The first-order valence-corrected chi connectivity index (χ1v) is 18.7. The van der Waals surface area contributed by atoms with Gasteiger partial charge in [0.1, 0.15) is 12.3 Å². The highest BCUT2D eigenvalue weighted by Crippen LogP contribution is 2.42. The van der Waals surface area contributed by atoms with Crippen LogP contribution in [0.25, 0.3) is 0 Å². The number of amides is 3. The van der Waals surface area contributed by atoms with Crippen molar-refractivity contribution < 1.29 is 18.4 Å². The molecule has 5 saturated heterocycles. The first-order chi connectivity index (χ1) is 21.7. The van der Waals surface area contributed by atoms with Crippen molar-refractivity contribution in [3.63, 3.8) is 0 Å². The van der Waals surface area contributed by atoms with Crippen LogP contribution in [0.2, 0.25) is 0 Å². The number of hydrogen-bond donors (Lipinski definition) is 4. The Morgan fingerprint density at radius 2 is 1.89 bits per heavy atom. The predicted octanol–water partition coefficient (Wildman–Crippen LogP) is 2.93. The summed E-state index contributed by atoms with van der Waals surface area (Å²) >= 11 is 1.99. The fourth-order valence-corrected chi connectivity index (χ4v) is 10.4. The molecule has 11 unspecified atom stereocenters. The molecule has 5 aliphatic heterocycles. The molecule has 6 aliphatic rings. The highest BCUT2D eigenvalue weighted by atomic mass is 32.2. The van der Waals surface area contributed by atoms with Gasteiger partial charge in [-0.25, -0.2) is 13.6 Å². The van der Waals surface area contributed by atoms with Crippen molar-refractivity contribution in [3.8, 4) is 0 Å². The predicted molar refractivity (Wildman–Crippen MR) is 175 cm³/mol. The summed E-state index contributed by atoms with van der Waals surface area (Å²) in [6, 6.07) is -0.559. The summed E-state index contributed by atoms with van der Waals surface area (Å²) in [4.78, 5) is 32.8. The molecule has 6 rings (SSSR count). The van der Waals surface area contributed by atoms with E-state index in [9.17, 15) is 9.59 Å². The maximum absolute atomic E-state index is 16.5. The number of fused-ring (bicyclic) bond motifs is 7. The van der Waals surface area contributed by atoms with E-state index in [0.29, 0.717) is 44.3 Å². The van der Waals surface area contributed by atoms with Crippen LogP contribution in [0.1, 0.15) is 59.3 Å². The molecule has 3 amide bonds. The second-order valence-electron chi connectivity index (χ2n) is 14.8. The summed E-state index contributed by atoms with van der Waals surface area (Å²) in [5, 5.41) is 14.5. The number of nitrogens with zero attached hydrogens (tertiary/aromatic N) is 3. The Labute approximate surface area is 272 Å². The Morgan fingerprint density at radius 1 is 1.07 bits per heavy atom. The SMILES string of the molecule is C=CC(=O)N1CCN(C2NC(=O)N3C4CC(CNC4C(C)C)CSCCCNC4CCC(F)C(C4)C4NC3C2CC4F)[C@@H](C)C1. The molecule has 45 heavy (non-hydrogen) atoms. The average Bonchev–Trinajstić information content (AvgIpc) is 3.02. The van der Waals surface area contributed by atoms with Crippen molar-refractivity contribution in [2.75, 3.05) is 44.2 Å². The number of piperazine rings is 1. The van der Waals surface area contributed by atoms with Gasteiger partial charge >= 0.3 is 6.03 Å². The Hall–Kier alpha value is -1.47. The number of carbonyl (C=O) groups excluding carboxylic acids is 2. The molecule has 6 bridgehead atoms. The monoisotopic (exact) mass is 651 g/mol. The number of urea groups is 1. The number of piperidine rings is 2. The van der Waals surface area contributed by atoms with Gasteiger partial charge in [0.25, 0.3) is 0 Å². The summed E-state index contributed by atoms with van der Waals surface area (Å²) in [6.07, 6.45) is 2.31. The largest absolute Gasteiger partial charge is 0.336 e. The van der Waals surface area contributed by atoms with Crippen LogP contribution in [0, 0.1) is 23.7 Å². The van der Waals surface area contributed by atoms with E-state index < -0.39 is 30.5 Å².